The summed E-state index contributed by atoms with van der Waals surface area (Å²) in [5.41, 5.74) is 9.05. The highest BCUT2D eigenvalue weighted by Crippen LogP contribution is 2.29. The smallest absolute Gasteiger partial charge is 0.338 e. The number of esters is 1. The minimum absolute atomic E-state index is 0.0163. The van der Waals surface area contributed by atoms with E-state index in [0.29, 0.717) is 5.69 Å². The van der Waals surface area contributed by atoms with Gasteiger partial charge in [0.2, 0.25) is 5.91 Å². The predicted molar refractivity (Wildman–Crippen MR) is 75.9 cm³/mol. The van der Waals surface area contributed by atoms with Gasteiger partial charge in [-0.3, -0.25) is 9.69 Å². The van der Waals surface area contributed by atoms with Crippen molar-refractivity contribution in [1.29, 1.82) is 0 Å². The third-order valence-corrected chi connectivity index (χ3v) is 3.40. The number of carbonyl (C=O) groups excluding carboxylic acids is 2. The van der Waals surface area contributed by atoms with Crippen LogP contribution in [0.5, 0.6) is 0 Å². The molecule has 106 valence electrons. The van der Waals surface area contributed by atoms with Crippen molar-refractivity contribution in [3.05, 3.63) is 40.7 Å². The van der Waals surface area contributed by atoms with E-state index in [1.54, 1.807) is 6.92 Å². The van der Waals surface area contributed by atoms with E-state index in [9.17, 15) is 9.59 Å². The third kappa shape index (κ3) is 2.39. The summed E-state index contributed by atoms with van der Waals surface area (Å²) in [6, 6.07) is 5.63. The molecular formula is C15H18N2O3. The number of hydrogen-bond acceptors (Lipinski definition) is 4. The number of hydrogen-bond donors (Lipinski definition) is 1. The highest BCUT2D eigenvalue weighted by Gasteiger charge is 2.34. The maximum absolute atomic E-state index is 12.1. The Hall–Kier alpha value is -2.30. The van der Waals surface area contributed by atoms with Crippen LogP contribution in [0.2, 0.25) is 0 Å². The van der Waals surface area contributed by atoms with Gasteiger partial charge in [-0.25, -0.2) is 4.79 Å². The first-order valence-electron chi connectivity index (χ1n) is 6.51. The zero-order valence-electron chi connectivity index (χ0n) is 11.9. The molecule has 0 radical (unpaired) electrons. The van der Waals surface area contributed by atoms with Crippen LogP contribution in [0.3, 0.4) is 0 Å². The van der Waals surface area contributed by atoms with Crippen LogP contribution >= 0.6 is 0 Å². The number of nitrogens with zero attached hydrogens (tertiary/aromatic N) is 1. The first kappa shape index (κ1) is 14.1. The molecule has 0 fully saturated rings. The lowest BCUT2D eigenvalue weighted by molar-refractivity contribution is -0.139. The molecule has 0 aliphatic carbocycles. The van der Waals surface area contributed by atoms with Gasteiger partial charge in [0.15, 0.2) is 0 Å². The van der Waals surface area contributed by atoms with Gasteiger partial charge in [-0.15, -0.1) is 0 Å². The summed E-state index contributed by atoms with van der Waals surface area (Å²) >= 11 is 0. The summed E-state index contributed by atoms with van der Waals surface area (Å²) in [6.45, 7) is 5.93. The van der Waals surface area contributed by atoms with Crippen molar-refractivity contribution in [2.45, 2.75) is 27.2 Å². The Morgan fingerprint density at radius 2 is 2.05 bits per heavy atom. The van der Waals surface area contributed by atoms with Gasteiger partial charge in [0.05, 0.1) is 24.3 Å². The first-order valence-corrected chi connectivity index (χ1v) is 6.51. The lowest BCUT2D eigenvalue weighted by Crippen LogP contribution is -2.29. The van der Waals surface area contributed by atoms with Gasteiger partial charge in [0.1, 0.15) is 5.82 Å². The summed E-state index contributed by atoms with van der Waals surface area (Å²) in [6.07, 6.45) is -0.0163. The summed E-state index contributed by atoms with van der Waals surface area (Å²) in [5.74, 6) is -0.574. The van der Waals surface area contributed by atoms with Crippen molar-refractivity contribution in [1.82, 2.24) is 0 Å². The number of aryl methyl sites for hydroxylation is 2. The second kappa shape index (κ2) is 5.36. The van der Waals surface area contributed by atoms with E-state index in [-0.39, 0.29) is 30.3 Å². The molecule has 1 aliphatic heterocycles. The predicted octanol–water partition coefficient (Wildman–Crippen LogP) is 1.77. The third-order valence-electron chi connectivity index (χ3n) is 3.40. The van der Waals surface area contributed by atoms with Crippen molar-refractivity contribution in [2.24, 2.45) is 5.73 Å². The largest absolute Gasteiger partial charge is 0.463 e. The first-order chi connectivity index (χ1) is 9.45. The monoisotopic (exact) mass is 274 g/mol. The molecule has 5 heteroatoms. The maximum atomic E-state index is 12.1. The van der Waals surface area contributed by atoms with Crippen molar-refractivity contribution in [2.75, 3.05) is 11.5 Å². The molecule has 1 aliphatic rings. The van der Waals surface area contributed by atoms with E-state index in [0.717, 1.165) is 11.1 Å². The zero-order chi connectivity index (χ0) is 14.9. The average Bonchev–Trinajstić information content (AvgIpc) is 2.69. The highest BCUT2D eigenvalue weighted by atomic mass is 16.5. The van der Waals surface area contributed by atoms with Crippen LogP contribution in [0.4, 0.5) is 5.69 Å². The molecule has 1 aromatic rings. The second-order valence-electron chi connectivity index (χ2n) is 4.76. The number of rotatable bonds is 3. The molecule has 1 amide bonds. The van der Waals surface area contributed by atoms with Crippen LogP contribution in [0.1, 0.15) is 24.5 Å². The number of anilines is 1. The Morgan fingerprint density at radius 3 is 2.65 bits per heavy atom. The van der Waals surface area contributed by atoms with E-state index < -0.39 is 5.97 Å². The SMILES string of the molecule is CCOC(=O)C1=C(N)N(c2ccc(C)c(C)c2)C(=O)C1. The van der Waals surface area contributed by atoms with Crippen molar-refractivity contribution in [3.8, 4) is 0 Å². The Bertz CT molecular complexity index is 605. The Labute approximate surface area is 118 Å². The van der Waals surface area contributed by atoms with Gasteiger partial charge in [-0.05, 0) is 44.0 Å². The van der Waals surface area contributed by atoms with Crippen LogP contribution in [0.15, 0.2) is 29.6 Å². The molecule has 0 saturated heterocycles. The van der Waals surface area contributed by atoms with Crippen molar-refractivity contribution >= 4 is 17.6 Å². The van der Waals surface area contributed by atoms with Crippen LogP contribution < -0.4 is 10.6 Å². The molecular weight excluding hydrogens is 256 g/mol. The van der Waals surface area contributed by atoms with Gasteiger partial charge < -0.3 is 10.5 Å². The summed E-state index contributed by atoms with van der Waals surface area (Å²) in [4.78, 5) is 25.2. The van der Waals surface area contributed by atoms with E-state index in [1.807, 2.05) is 32.0 Å². The van der Waals surface area contributed by atoms with E-state index in [2.05, 4.69) is 0 Å². The van der Waals surface area contributed by atoms with Gasteiger partial charge >= 0.3 is 5.97 Å². The highest BCUT2D eigenvalue weighted by molar-refractivity contribution is 6.09. The number of benzene rings is 1. The van der Waals surface area contributed by atoms with Gasteiger partial charge in [0, 0.05) is 0 Å². The van der Waals surface area contributed by atoms with E-state index in [4.69, 9.17) is 10.5 Å². The Balaban J connectivity index is 2.38. The van der Waals surface area contributed by atoms with Crippen molar-refractivity contribution < 1.29 is 14.3 Å². The molecule has 1 heterocycles. The molecule has 0 unspecified atom stereocenters. The van der Waals surface area contributed by atoms with Gasteiger partial charge in [-0.1, -0.05) is 6.07 Å². The lowest BCUT2D eigenvalue weighted by atomic mass is 10.1. The van der Waals surface area contributed by atoms with Crippen molar-refractivity contribution in [3.63, 3.8) is 0 Å². The number of ether oxygens (including phenoxy) is 1. The second-order valence-corrected chi connectivity index (χ2v) is 4.76. The minimum atomic E-state index is -0.523. The van der Waals surface area contributed by atoms with Crippen LogP contribution in [0.25, 0.3) is 0 Å². The molecule has 2 N–H and O–H groups in total. The molecule has 0 bridgehead atoms. The molecule has 0 aromatic heterocycles. The summed E-state index contributed by atoms with van der Waals surface area (Å²) < 4.78 is 4.92. The average molecular weight is 274 g/mol. The molecule has 1 aromatic carbocycles. The van der Waals surface area contributed by atoms with Gasteiger partial charge in [0.25, 0.3) is 0 Å². The fourth-order valence-electron chi connectivity index (χ4n) is 2.13. The van der Waals surface area contributed by atoms with Gasteiger partial charge in [-0.2, -0.15) is 0 Å². The molecule has 0 spiro atoms. The van der Waals surface area contributed by atoms with Crippen LogP contribution in [-0.4, -0.2) is 18.5 Å². The molecule has 20 heavy (non-hydrogen) atoms. The Kier molecular flexibility index (Phi) is 3.79. The molecule has 2 rings (SSSR count). The molecule has 0 atom stereocenters. The maximum Gasteiger partial charge on any atom is 0.338 e. The standard InChI is InChI=1S/C15H18N2O3/c1-4-20-15(19)12-8-13(18)17(14(12)16)11-6-5-9(2)10(3)7-11/h5-7H,4,8,16H2,1-3H3. The topological polar surface area (TPSA) is 72.6 Å². The van der Waals surface area contributed by atoms with E-state index >= 15 is 0 Å². The number of carbonyl (C=O) groups is 2. The summed E-state index contributed by atoms with van der Waals surface area (Å²) in [7, 11) is 0. The fourth-order valence-corrected chi connectivity index (χ4v) is 2.13. The molecule has 5 nitrogen and oxygen atoms in total. The number of amides is 1. The number of nitrogens with two attached hydrogens (primary N) is 1. The minimum Gasteiger partial charge on any atom is -0.463 e. The normalized spacial score (nSPS) is 14.9. The lowest BCUT2D eigenvalue weighted by Gasteiger charge is -2.18. The fraction of sp³-hybridized carbons (Fsp3) is 0.333. The molecule has 0 saturated carbocycles. The zero-order valence-corrected chi connectivity index (χ0v) is 11.9. The quantitative estimate of drug-likeness (QED) is 0.853. The van der Waals surface area contributed by atoms with Crippen LogP contribution in [-0.2, 0) is 14.3 Å². The summed E-state index contributed by atoms with van der Waals surface area (Å²) in [5, 5.41) is 0. The van der Waals surface area contributed by atoms with Crippen LogP contribution in [0, 0.1) is 13.8 Å². The Morgan fingerprint density at radius 1 is 1.35 bits per heavy atom. The van der Waals surface area contributed by atoms with E-state index in [1.165, 1.54) is 4.90 Å².